The molecule has 0 bridgehead atoms. The number of phenols is 2. The van der Waals surface area contributed by atoms with E-state index in [0.29, 0.717) is 18.4 Å². The molecule has 2 heterocycles. The van der Waals surface area contributed by atoms with Crippen LogP contribution in [0.15, 0.2) is 67.3 Å². The molecule has 0 saturated carbocycles. The van der Waals surface area contributed by atoms with E-state index in [0.717, 1.165) is 53.3 Å². The molecule has 0 fully saturated rings. The van der Waals surface area contributed by atoms with Gasteiger partial charge in [-0.15, -0.1) is 6.58 Å². The number of fused-ring (bicyclic) bond motifs is 2. The lowest BCUT2D eigenvalue weighted by molar-refractivity contribution is -0.142. The summed E-state index contributed by atoms with van der Waals surface area (Å²) in [6.07, 6.45) is 6.55. The van der Waals surface area contributed by atoms with Crippen LogP contribution in [-0.4, -0.2) is 56.0 Å². The number of hydrogen-bond acceptors (Lipinski definition) is 9. The first-order chi connectivity index (χ1) is 21.2. The molecule has 0 aromatic heterocycles. The van der Waals surface area contributed by atoms with E-state index >= 15 is 0 Å². The summed E-state index contributed by atoms with van der Waals surface area (Å²) < 4.78 is 26.0. The second-order valence-corrected chi connectivity index (χ2v) is 10.0. The molecule has 0 aliphatic carbocycles. The zero-order valence-corrected chi connectivity index (χ0v) is 26.2. The van der Waals surface area contributed by atoms with Gasteiger partial charge in [-0.3, -0.25) is 4.79 Å². The van der Waals surface area contributed by atoms with Crippen molar-refractivity contribution in [2.24, 2.45) is 0 Å². The van der Waals surface area contributed by atoms with E-state index in [1.54, 1.807) is 20.3 Å². The number of rotatable bonds is 8. The van der Waals surface area contributed by atoms with Gasteiger partial charge < -0.3 is 38.7 Å². The van der Waals surface area contributed by atoms with Crippen LogP contribution in [0.2, 0.25) is 0 Å². The van der Waals surface area contributed by atoms with Crippen LogP contribution in [-0.2, 0) is 33.6 Å². The summed E-state index contributed by atoms with van der Waals surface area (Å²) in [5.41, 5.74) is 2.89. The molecule has 2 unspecified atom stereocenters. The molecule has 2 aliphatic heterocycles. The maximum Gasteiger partial charge on any atom is 0.309 e. The number of methoxy groups -OCH3 is 3. The van der Waals surface area contributed by atoms with Crippen molar-refractivity contribution < 1.29 is 43.5 Å². The Hall–Kier alpha value is -4.66. The van der Waals surface area contributed by atoms with Gasteiger partial charge in [-0.05, 0) is 61.0 Å². The predicted molar refractivity (Wildman–Crippen MR) is 169 cm³/mol. The topological polar surface area (TPSA) is 121 Å². The van der Waals surface area contributed by atoms with Crippen LogP contribution in [0.4, 0.5) is 0 Å². The van der Waals surface area contributed by atoms with E-state index in [1.807, 2.05) is 36.4 Å². The minimum atomic E-state index is -0.246. The molecule has 2 N–H and O–H groups in total. The number of benzene rings is 3. The molecule has 238 valence electrons. The smallest absolute Gasteiger partial charge is 0.309 e. The van der Waals surface area contributed by atoms with E-state index in [-0.39, 0.29) is 36.1 Å². The molecule has 3 aromatic carbocycles. The molecule has 0 radical (unpaired) electrons. The van der Waals surface area contributed by atoms with E-state index < -0.39 is 0 Å². The molecule has 44 heavy (non-hydrogen) atoms. The minimum absolute atomic E-state index is 0.00889. The van der Waals surface area contributed by atoms with Crippen molar-refractivity contribution in [3.8, 4) is 34.5 Å². The molecule has 9 nitrogen and oxygen atoms in total. The third kappa shape index (κ3) is 11.2. The van der Waals surface area contributed by atoms with Crippen molar-refractivity contribution >= 4 is 12.3 Å². The fourth-order valence-electron chi connectivity index (χ4n) is 4.36. The van der Waals surface area contributed by atoms with Gasteiger partial charge in [0.15, 0.2) is 0 Å². The van der Waals surface area contributed by atoms with Gasteiger partial charge in [0.05, 0.1) is 27.8 Å². The molecule has 0 spiro atoms. The molecule has 2 atom stereocenters. The maximum atomic E-state index is 11.1. The summed E-state index contributed by atoms with van der Waals surface area (Å²) >= 11 is 0. The first-order valence-electron chi connectivity index (χ1n) is 14.5. The summed E-state index contributed by atoms with van der Waals surface area (Å²) in [6.45, 7) is 7.78. The van der Waals surface area contributed by atoms with Gasteiger partial charge in [-0.25, -0.2) is 0 Å². The fourth-order valence-corrected chi connectivity index (χ4v) is 4.36. The zero-order valence-electron chi connectivity index (χ0n) is 26.2. The van der Waals surface area contributed by atoms with Gasteiger partial charge in [0, 0.05) is 36.0 Å². The number of hydrogen-bond donors (Lipinski definition) is 2. The Morgan fingerprint density at radius 3 is 1.93 bits per heavy atom. The molecular weight excluding hydrogens is 564 g/mol. The highest BCUT2D eigenvalue weighted by molar-refractivity contribution is 5.70. The Labute approximate surface area is 260 Å². The first kappa shape index (κ1) is 35.5. The van der Waals surface area contributed by atoms with Crippen molar-refractivity contribution in [3.63, 3.8) is 0 Å². The summed E-state index contributed by atoms with van der Waals surface area (Å²) in [7, 11) is 4.65. The van der Waals surface area contributed by atoms with Gasteiger partial charge in [0.2, 0.25) is 0 Å². The van der Waals surface area contributed by atoms with E-state index in [9.17, 15) is 14.7 Å². The number of carbonyl (C=O) groups is 2. The highest BCUT2D eigenvalue weighted by Crippen LogP contribution is 2.33. The summed E-state index contributed by atoms with van der Waals surface area (Å²) in [5.74, 6) is 3.46. The van der Waals surface area contributed by atoms with Crippen LogP contribution in [0.25, 0.3) is 0 Å². The van der Waals surface area contributed by atoms with Crippen molar-refractivity contribution in [1.29, 1.82) is 0 Å². The molecule has 2 aliphatic rings. The van der Waals surface area contributed by atoms with Crippen LogP contribution in [0.5, 0.6) is 34.5 Å². The average molecular weight is 609 g/mol. The number of aromatic hydroxyl groups is 2. The van der Waals surface area contributed by atoms with Gasteiger partial charge in [-0.2, -0.15) is 0 Å². The molecule has 9 heteroatoms. The number of allylic oxidation sites excluding steroid dienone is 1. The lowest BCUT2D eigenvalue weighted by Crippen LogP contribution is -2.18. The Balaban J connectivity index is 0.000000223. The van der Waals surface area contributed by atoms with Gasteiger partial charge in [0.1, 0.15) is 53.0 Å². The molecule has 5 rings (SSSR count). The summed E-state index contributed by atoms with van der Waals surface area (Å²) in [6, 6.07) is 15.8. The average Bonchev–Trinajstić information content (AvgIpc) is 3.62. The van der Waals surface area contributed by atoms with E-state index in [2.05, 4.69) is 25.2 Å². The van der Waals surface area contributed by atoms with Gasteiger partial charge in [-0.1, -0.05) is 26.3 Å². The monoisotopic (exact) mass is 608 g/mol. The SMILES string of the molecule is C=CCc1cc(O)ccc1O.CCC.COC(=O)CC1Cc2cc(OC)ccc2O1.COc1ccc2c(c1)CC(CC=O)O2. The minimum Gasteiger partial charge on any atom is -0.508 e. The Kier molecular flexibility index (Phi) is 15.2. The number of ether oxygens (including phenoxy) is 5. The van der Waals surface area contributed by atoms with E-state index in [1.165, 1.54) is 31.7 Å². The van der Waals surface area contributed by atoms with Crippen LogP contribution in [0.1, 0.15) is 49.8 Å². The highest BCUT2D eigenvalue weighted by atomic mass is 16.5. The number of carbonyl (C=O) groups excluding carboxylic acids is 2. The van der Waals surface area contributed by atoms with Crippen molar-refractivity contribution in [2.75, 3.05) is 21.3 Å². The highest BCUT2D eigenvalue weighted by Gasteiger charge is 2.26. The van der Waals surface area contributed by atoms with Crippen LogP contribution in [0, 0.1) is 0 Å². The van der Waals surface area contributed by atoms with Crippen molar-refractivity contribution in [2.45, 2.75) is 64.6 Å². The van der Waals surface area contributed by atoms with Gasteiger partial charge >= 0.3 is 5.97 Å². The Morgan fingerprint density at radius 2 is 1.43 bits per heavy atom. The third-order valence-corrected chi connectivity index (χ3v) is 6.43. The van der Waals surface area contributed by atoms with Crippen LogP contribution < -0.4 is 18.9 Å². The summed E-state index contributed by atoms with van der Waals surface area (Å²) in [5, 5.41) is 18.2. The number of phenolic OH excluding ortho intramolecular Hbond substituents is 2. The van der Waals surface area contributed by atoms with Gasteiger partial charge in [0.25, 0.3) is 0 Å². The Morgan fingerprint density at radius 1 is 0.886 bits per heavy atom. The standard InChI is InChI=1S/C12H14O4.C11H12O3.C9H10O2.C3H8/c1-14-9-3-4-11-8(5-9)6-10(16-11)7-12(13)15-2;1-13-9-2-3-11-8(6-9)7-10(14-11)4-5-12;1-2-3-7-6-8(10)4-5-9(7)11;1-3-2/h3-5,10H,6-7H2,1-2H3;2-3,5-6,10H,4,7H2,1H3;2,4-6,10-11H,1,3H2;3H2,1-2H3. The third-order valence-electron chi connectivity index (χ3n) is 6.43. The zero-order chi connectivity index (χ0) is 32.5. The molecule has 3 aromatic rings. The second-order valence-electron chi connectivity index (χ2n) is 10.0. The maximum absolute atomic E-state index is 11.1. The van der Waals surface area contributed by atoms with Crippen LogP contribution in [0.3, 0.4) is 0 Å². The molecule has 0 amide bonds. The predicted octanol–water partition coefficient (Wildman–Crippen LogP) is 6.39. The van der Waals surface area contributed by atoms with Crippen molar-refractivity contribution in [1.82, 2.24) is 0 Å². The molecule has 0 saturated heterocycles. The number of esters is 1. The second kappa shape index (κ2) is 18.8. The Bertz CT molecular complexity index is 1350. The lowest BCUT2D eigenvalue weighted by atomic mass is 10.1. The normalized spacial score (nSPS) is 15.0. The fraction of sp³-hybridized carbons (Fsp3) is 0.371. The number of aldehydes is 1. The van der Waals surface area contributed by atoms with E-state index in [4.69, 9.17) is 24.1 Å². The largest absolute Gasteiger partial charge is 0.508 e. The first-order valence-corrected chi connectivity index (χ1v) is 14.5. The quantitative estimate of drug-likeness (QED) is 0.130. The molecular formula is C35H44O9. The summed E-state index contributed by atoms with van der Waals surface area (Å²) in [4.78, 5) is 21.4. The lowest BCUT2D eigenvalue weighted by Gasteiger charge is -2.08. The van der Waals surface area contributed by atoms with Crippen molar-refractivity contribution in [3.05, 3.63) is 83.9 Å². The van der Waals surface area contributed by atoms with Crippen LogP contribution >= 0.6 is 0 Å².